The molecule has 0 radical (unpaired) electrons. The van der Waals surface area contributed by atoms with E-state index in [1.807, 2.05) is 0 Å². The van der Waals surface area contributed by atoms with Crippen LogP contribution in [0.2, 0.25) is 0 Å². The van der Waals surface area contributed by atoms with Gasteiger partial charge < -0.3 is 10.6 Å². The molecule has 2 heterocycles. The lowest BCUT2D eigenvalue weighted by Gasteiger charge is -2.21. The second kappa shape index (κ2) is 4.84. The molecule has 3 nitrogen and oxygen atoms in total. The number of aromatic nitrogens is 1. The minimum atomic E-state index is -4.48. The van der Waals surface area contributed by atoms with Crippen LogP contribution >= 0.6 is 0 Å². The molecular weight excluding hydrogens is 286 g/mol. The van der Waals surface area contributed by atoms with Gasteiger partial charge in [0.2, 0.25) is 0 Å². The molecule has 0 saturated carbocycles. The summed E-state index contributed by atoms with van der Waals surface area (Å²) >= 11 is 0. The van der Waals surface area contributed by atoms with Crippen LogP contribution < -0.4 is 10.6 Å². The third-order valence-corrected chi connectivity index (χ3v) is 3.68. The Morgan fingerprint density at radius 2 is 1.95 bits per heavy atom. The predicted molar refractivity (Wildman–Crippen MR) is 71.8 cm³/mol. The largest absolute Gasteiger partial charge is 0.418 e. The van der Waals surface area contributed by atoms with Crippen molar-refractivity contribution < 1.29 is 17.6 Å². The second-order valence-corrected chi connectivity index (χ2v) is 5.11. The van der Waals surface area contributed by atoms with Crippen LogP contribution in [0.4, 0.5) is 23.2 Å². The zero-order valence-corrected chi connectivity index (χ0v) is 10.9. The van der Waals surface area contributed by atoms with Gasteiger partial charge in [-0.05, 0) is 24.3 Å². The van der Waals surface area contributed by atoms with Crippen LogP contribution in [0.25, 0.3) is 10.9 Å². The Morgan fingerprint density at radius 1 is 1.19 bits per heavy atom. The van der Waals surface area contributed by atoms with Crippen molar-refractivity contribution in [2.24, 2.45) is 5.73 Å². The first-order chi connectivity index (χ1) is 9.88. The van der Waals surface area contributed by atoms with E-state index in [1.54, 1.807) is 17.0 Å². The molecule has 2 aromatic rings. The SMILES string of the molecule is N[C@@H]1CN(c2ccc(C(F)(F)F)c3ncccc23)C[C@@H]1F. The first-order valence-electron chi connectivity index (χ1n) is 6.47. The number of pyridine rings is 1. The summed E-state index contributed by atoms with van der Waals surface area (Å²) in [5, 5.41) is 0.355. The molecule has 0 spiro atoms. The monoisotopic (exact) mass is 299 g/mol. The molecule has 0 bridgehead atoms. The number of anilines is 1. The van der Waals surface area contributed by atoms with E-state index in [-0.39, 0.29) is 18.6 Å². The Morgan fingerprint density at radius 3 is 2.57 bits per heavy atom. The number of halogens is 4. The number of hydrogen-bond donors (Lipinski definition) is 1. The Labute approximate surface area is 118 Å². The van der Waals surface area contributed by atoms with E-state index in [1.165, 1.54) is 12.3 Å². The van der Waals surface area contributed by atoms with Crippen molar-refractivity contribution in [3.63, 3.8) is 0 Å². The van der Waals surface area contributed by atoms with Gasteiger partial charge in [-0.15, -0.1) is 0 Å². The van der Waals surface area contributed by atoms with Gasteiger partial charge in [-0.25, -0.2) is 4.39 Å². The number of fused-ring (bicyclic) bond motifs is 1. The standard InChI is InChI=1S/C14H13F4N3/c15-10-6-21(7-11(10)19)12-4-3-9(14(16,17)18)13-8(12)2-1-5-20-13/h1-5,10-11H,6-7,19H2/t10-,11+/m0/s1. The van der Waals surface area contributed by atoms with Crippen molar-refractivity contribution in [3.8, 4) is 0 Å². The molecule has 0 amide bonds. The smallest absolute Gasteiger partial charge is 0.366 e. The third kappa shape index (κ3) is 2.42. The number of rotatable bonds is 1. The Hall–Kier alpha value is -1.89. The molecule has 1 saturated heterocycles. The fourth-order valence-corrected chi connectivity index (χ4v) is 2.65. The van der Waals surface area contributed by atoms with Crippen LogP contribution in [-0.2, 0) is 6.18 Å². The number of nitrogens with zero attached hydrogens (tertiary/aromatic N) is 2. The van der Waals surface area contributed by atoms with E-state index in [2.05, 4.69) is 4.98 Å². The van der Waals surface area contributed by atoms with E-state index >= 15 is 0 Å². The first kappa shape index (κ1) is 14.1. The van der Waals surface area contributed by atoms with Crippen LogP contribution in [0.5, 0.6) is 0 Å². The van der Waals surface area contributed by atoms with Crippen LogP contribution in [0.1, 0.15) is 5.56 Å². The molecular formula is C14H13F4N3. The summed E-state index contributed by atoms with van der Waals surface area (Å²) < 4.78 is 52.6. The molecule has 1 aliphatic heterocycles. The fourth-order valence-electron chi connectivity index (χ4n) is 2.65. The summed E-state index contributed by atoms with van der Waals surface area (Å²) in [7, 11) is 0. The fraction of sp³-hybridized carbons (Fsp3) is 0.357. The average Bonchev–Trinajstić information content (AvgIpc) is 2.76. The zero-order valence-electron chi connectivity index (χ0n) is 10.9. The number of alkyl halides is 4. The van der Waals surface area contributed by atoms with Crippen LogP contribution in [0.3, 0.4) is 0 Å². The molecule has 2 N–H and O–H groups in total. The molecule has 0 unspecified atom stereocenters. The van der Waals surface area contributed by atoms with Crippen LogP contribution in [0.15, 0.2) is 30.5 Å². The number of nitrogens with two attached hydrogens (primary N) is 1. The number of benzene rings is 1. The molecule has 0 aliphatic carbocycles. The van der Waals surface area contributed by atoms with Gasteiger partial charge in [-0.2, -0.15) is 13.2 Å². The average molecular weight is 299 g/mol. The van der Waals surface area contributed by atoms with E-state index in [4.69, 9.17) is 5.73 Å². The summed E-state index contributed by atoms with van der Waals surface area (Å²) in [6.45, 7) is 0.354. The summed E-state index contributed by atoms with van der Waals surface area (Å²) in [6, 6.07) is 4.84. The molecule has 1 aliphatic rings. The van der Waals surface area contributed by atoms with Crippen molar-refractivity contribution in [2.75, 3.05) is 18.0 Å². The molecule has 7 heteroatoms. The molecule has 21 heavy (non-hydrogen) atoms. The minimum Gasteiger partial charge on any atom is -0.366 e. The molecule has 1 aromatic carbocycles. The Kier molecular flexibility index (Phi) is 3.24. The van der Waals surface area contributed by atoms with E-state index in [9.17, 15) is 17.6 Å². The Balaban J connectivity index is 2.14. The van der Waals surface area contributed by atoms with E-state index < -0.39 is 24.0 Å². The molecule has 1 fully saturated rings. The van der Waals surface area contributed by atoms with Gasteiger partial charge in [-0.1, -0.05) is 0 Å². The first-order valence-corrected chi connectivity index (χ1v) is 6.47. The highest BCUT2D eigenvalue weighted by Crippen LogP contribution is 2.38. The second-order valence-electron chi connectivity index (χ2n) is 5.11. The third-order valence-electron chi connectivity index (χ3n) is 3.68. The van der Waals surface area contributed by atoms with Crippen molar-refractivity contribution >= 4 is 16.6 Å². The highest BCUT2D eigenvalue weighted by Gasteiger charge is 2.35. The zero-order chi connectivity index (χ0) is 15.2. The quantitative estimate of drug-likeness (QED) is 0.823. The van der Waals surface area contributed by atoms with Crippen molar-refractivity contribution in [1.29, 1.82) is 0 Å². The van der Waals surface area contributed by atoms with Crippen molar-refractivity contribution in [1.82, 2.24) is 4.98 Å². The summed E-state index contributed by atoms with van der Waals surface area (Å²) in [6.07, 6.45) is -4.34. The maximum absolute atomic E-state index is 13.6. The molecule has 1 aromatic heterocycles. The van der Waals surface area contributed by atoms with Gasteiger partial charge in [0.25, 0.3) is 0 Å². The van der Waals surface area contributed by atoms with Gasteiger partial charge in [0.15, 0.2) is 0 Å². The topological polar surface area (TPSA) is 42.1 Å². The van der Waals surface area contributed by atoms with Gasteiger partial charge in [0.1, 0.15) is 6.17 Å². The van der Waals surface area contributed by atoms with E-state index in [0.717, 1.165) is 6.07 Å². The Bertz CT molecular complexity index is 661. The molecule has 112 valence electrons. The van der Waals surface area contributed by atoms with Gasteiger partial charge >= 0.3 is 6.18 Å². The number of hydrogen-bond acceptors (Lipinski definition) is 3. The lowest BCUT2D eigenvalue weighted by atomic mass is 10.1. The minimum absolute atomic E-state index is 0.0799. The molecule has 2 atom stereocenters. The normalized spacial score (nSPS) is 23.0. The van der Waals surface area contributed by atoms with Crippen LogP contribution in [-0.4, -0.2) is 30.3 Å². The predicted octanol–water partition coefficient (Wildman–Crippen LogP) is 2.74. The maximum Gasteiger partial charge on any atom is 0.418 e. The molecule has 3 rings (SSSR count). The summed E-state index contributed by atoms with van der Waals surface area (Å²) in [4.78, 5) is 5.51. The van der Waals surface area contributed by atoms with E-state index in [0.29, 0.717) is 11.1 Å². The highest BCUT2D eigenvalue weighted by molar-refractivity contribution is 5.94. The lowest BCUT2D eigenvalue weighted by Crippen LogP contribution is -2.30. The van der Waals surface area contributed by atoms with Gasteiger partial charge in [-0.3, -0.25) is 4.98 Å². The van der Waals surface area contributed by atoms with Crippen molar-refractivity contribution in [2.45, 2.75) is 18.4 Å². The van der Waals surface area contributed by atoms with Gasteiger partial charge in [0, 0.05) is 23.8 Å². The lowest BCUT2D eigenvalue weighted by molar-refractivity contribution is -0.136. The van der Waals surface area contributed by atoms with Crippen molar-refractivity contribution in [3.05, 3.63) is 36.0 Å². The maximum atomic E-state index is 13.6. The summed E-state index contributed by atoms with van der Waals surface area (Å²) in [5.74, 6) is 0. The van der Waals surface area contributed by atoms with Gasteiger partial charge in [0.05, 0.1) is 23.7 Å². The van der Waals surface area contributed by atoms with Crippen LogP contribution in [0, 0.1) is 0 Å². The summed E-state index contributed by atoms with van der Waals surface area (Å²) in [5.41, 5.74) is 5.25. The highest BCUT2D eigenvalue weighted by atomic mass is 19.4.